The number of furan rings is 2. The Balaban J connectivity index is 0.000000125. The average Bonchev–Trinajstić information content (AvgIpc) is 3.37. The number of para-hydroxylation sites is 4. The topological polar surface area (TPSA) is 38.6 Å². The van der Waals surface area contributed by atoms with Gasteiger partial charge < -0.3 is 8.83 Å². The quantitative estimate of drug-likeness (QED) is 0.242. The van der Waals surface area contributed by atoms with Crippen LogP contribution in [0.4, 0.5) is 0 Å². The summed E-state index contributed by atoms with van der Waals surface area (Å²) in [6.07, 6.45) is 0. The van der Waals surface area contributed by atoms with Crippen LogP contribution in [0.15, 0.2) is 123 Å². The Hall–Kier alpha value is -4.11. The first kappa shape index (κ1) is 22.1. The zero-order valence-corrected chi connectivity index (χ0v) is 19.2. The Bertz CT molecular complexity index is 1360. The molecule has 0 saturated heterocycles. The molecule has 0 aliphatic carbocycles. The van der Waals surface area contributed by atoms with Gasteiger partial charge in [0.1, 0.15) is 22.3 Å². The lowest BCUT2D eigenvalue weighted by atomic mass is 10.2. The number of rotatable bonds is 1. The van der Waals surface area contributed by atoms with E-state index in [0.717, 1.165) is 33.7 Å². The molecule has 0 bridgehead atoms. The molecular weight excluding hydrogens is 406 g/mol. The van der Waals surface area contributed by atoms with Crippen LogP contribution in [0.5, 0.6) is 0 Å². The highest BCUT2D eigenvalue weighted by Crippen LogP contribution is 2.28. The van der Waals surface area contributed by atoms with Crippen LogP contribution < -0.4 is 0 Å². The molecule has 0 unspecified atom stereocenters. The molecule has 0 spiro atoms. The number of nitrogens with zero attached hydrogens (tertiary/aromatic N) is 1. The zero-order valence-electron chi connectivity index (χ0n) is 19.2. The van der Waals surface area contributed by atoms with Gasteiger partial charge in [-0.05, 0) is 45.0 Å². The van der Waals surface area contributed by atoms with Crippen LogP contribution in [0, 0.1) is 0 Å². The smallest absolute Gasteiger partial charge is 0.135 e. The molecule has 164 valence electrons. The first-order valence-electron chi connectivity index (χ1n) is 10.9. The lowest BCUT2D eigenvalue weighted by Gasteiger charge is -1.85. The predicted octanol–water partition coefficient (Wildman–Crippen LogP) is 9.17. The molecule has 0 amide bonds. The molecule has 0 aliphatic heterocycles. The van der Waals surface area contributed by atoms with Crippen molar-refractivity contribution in [3.63, 3.8) is 0 Å². The average molecular weight is 434 g/mol. The van der Waals surface area contributed by atoms with Gasteiger partial charge in [0, 0.05) is 33.0 Å². The largest absolute Gasteiger partial charge is 0.456 e. The highest BCUT2D eigenvalue weighted by molar-refractivity contribution is 6.05. The van der Waals surface area contributed by atoms with Crippen LogP contribution in [0.2, 0.25) is 0 Å². The van der Waals surface area contributed by atoms with Crippen molar-refractivity contribution in [1.82, 2.24) is 0 Å². The van der Waals surface area contributed by atoms with Crippen molar-refractivity contribution in [2.45, 2.75) is 20.8 Å². The van der Waals surface area contributed by atoms with Gasteiger partial charge in [-0.3, -0.25) is 4.99 Å². The van der Waals surface area contributed by atoms with E-state index in [9.17, 15) is 0 Å². The maximum atomic E-state index is 5.65. The van der Waals surface area contributed by atoms with Crippen LogP contribution in [0.1, 0.15) is 20.8 Å². The van der Waals surface area contributed by atoms with E-state index >= 15 is 0 Å². The van der Waals surface area contributed by atoms with E-state index in [4.69, 9.17) is 8.83 Å². The fraction of sp³-hybridized carbons (Fsp3) is 0.100. The van der Waals surface area contributed by atoms with Crippen molar-refractivity contribution in [3.05, 3.63) is 109 Å². The van der Waals surface area contributed by atoms with Crippen molar-refractivity contribution >= 4 is 49.6 Å². The fourth-order valence-corrected chi connectivity index (χ4v) is 3.73. The molecular formula is C30H27NO2. The predicted molar refractivity (Wildman–Crippen MR) is 141 cm³/mol. The van der Waals surface area contributed by atoms with E-state index in [1.807, 2.05) is 93.6 Å². The van der Waals surface area contributed by atoms with Crippen molar-refractivity contribution in [3.8, 4) is 0 Å². The third kappa shape index (κ3) is 5.21. The second-order valence-corrected chi connectivity index (χ2v) is 7.98. The maximum absolute atomic E-state index is 5.65. The molecule has 6 rings (SSSR count). The van der Waals surface area contributed by atoms with Gasteiger partial charge in [0.15, 0.2) is 0 Å². The Labute approximate surface area is 193 Å². The van der Waals surface area contributed by atoms with Gasteiger partial charge in [-0.25, -0.2) is 0 Å². The Morgan fingerprint density at radius 1 is 0.515 bits per heavy atom. The van der Waals surface area contributed by atoms with Gasteiger partial charge >= 0.3 is 0 Å². The number of allylic oxidation sites excluding steroid dienone is 1. The second-order valence-electron chi connectivity index (χ2n) is 7.98. The van der Waals surface area contributed by atoms with Crippen LogP contribution in [-0.4, -0.2) is 5.71 Å². The van der Waals surface area contributed by atoms with Gasteiger partial charge in [0.2, 0.25) is 0 Å². The summed E-state index contributed by atoms with van der Waals surface area (Å²) in [5.74, 6) is 0. The molecule has 2 heterocycles. The normalized spacial score (nSPS) is 10.4. The summed E-state index contributed by atoms with van der Waals surface area (Å²) in [5.41, 5.74) is 5.78. The van der Waals surface area contributed by atoms with Crippen LogP contribution >= 0.6 is 0 Å². The second kappa shape index (κ2) is 10.0. The van der Waals surface area contributed by atoms with E-state index in [-0.39, 0.29) is 0 Å². The summed E-state index contributed by atoms with van der Waals surface area (Å²) in [6.45, 7) is 9.40. The summed E-state index contributed by atoms with van der Waals surface area (Å²) in [5, 5.41) is 4.77. The lowest BCUT2D eigenvalue weighted by molar-refractivity contribution is 0.668. The standard InChI is InChI=1S/2C12H8O.C6H11N/c2*1-3-7-11-9(5-1)10-6-2-4-8-12(10)13-11;1-5(2)7-6(3)4/h2*1-8H;1H2,2-4H3. The first-order chi connectivity index (χ1) is 16.0. The fourth-order valence-electron chi connectivity index (χ4n) is 3.73. The molecule has 4 aromatic carbocycles. The molecule has 0 atom stereocenters. The zero-order chi connectivity index (χ0) is 23.2. The molecule has 3 heteroatoms. The minimum atomic E-state index is 0.875. The van der Waals surface area contributed by atoms with E-state index < -0.39 is 0 Å². The molecule has 0 N–H and O–H groups in total. The van der Waals surface area contributed by atoms with Crippen molar-refractivity contribution in [2.24, 2.45) is 4.99 Å². The van der Waals surface area contributed by atoms with Gasteiger partial charge in [-0.15, -0.1) is 0 Å². The van der Waals surface area contributed by atoms with E-state index in [1.165, 1.54) is 21.5 Å². The van der Waals surface area contributed by atoms with E-state index in [1.54, 1.807) is 0 Å². The number of benzene rings is 4. The molecule has 0 fully saturated rings. The monoisotopic (exact) mass is 433 g/mol. The molecule has 3 nitrogen and oxygen atoms in total. The van der Waals surface area contributed by atoms with Gasteiger partial charge in [-0.2, -0.15) is 0 Å². The molecule has 0 aliphatic rings. The highest BCUT2D eigenvalue weighted by Gasteiger charge is 2.04. The third-order valence-electron chi connectivity index (χ3n) is 4.98. The van der Waals surface area contributed by atoms with Gasteiger partial charge in [-0.1, -0.05) is 79.4 Å². The van der Waals surface area contributed by atoms with E-state index in [0.29, 0.717) is 0 Å². The molecule has 6 aromatic rings. The molecule has 33 heavy (non-hydrogen) atoms. The van der Waals surface area contributed by atoms with Gasteiger partial charge in [0.25, 0.3) is 0 Å². The lowest BCUT2D eigenvalue weighted by Crippen LogP contribution is -1.78. The van der Waals surface area contributed by atoms with Crippen molar-refractivity contribution < 1.29 is 8.83 Å². The van der Waals surface area contributed by atoms with Crippen LogP contribution in [-0.2, 0) is 0 Å². The van der Waals surface area contributed by atoms with Crippen molar-refractivity contribution in [1.29, 1.82) is 0 Å². The van der Waals surface area contributed by atoms with Gasteiger partial charge in [0.05, 0.1) is 0 Å². The van der Waals surface area contributed by atoms with Crippen molar-refractivity contribution in [2.75, 3.05) is 0 Å². The Morgan fingerprint density at radius 2 is 0.788 bits per heavy atom. The summed E-state index contributed by atoms with van der Waals surface area (Å²) in [6, 6.07) is 32.4. The maximum Gasteiger partial charge on any atom is 0.135 e. The van der Waals surface area contributed by atoms with E-state index in [2.05, 4.69) is 35.8 Å². The summed E-state index contributed by atoms with van der Waals surface area (Å²) in [7, 11) is 0. The van der Waals surface area contributed by atoms with Crippen LogP contribution in [0.25, 0.3) is 43.9 Å². The highest BCUT2D eigenvalue weighted by atomic mass is 16.3. The number of hydrogen-bond acceptors (Lipinski definition) is 3. The number of aliphatic imine (C=N–C) groups is 1. The third-order valence-corrected chi connectivity index (χ3v) is 4.98. The Kier molecular flexibility index (Phi) is 6.70. The minimum Gasteiger partial charge on any atom is -0.456 e. The summed E-state index contributed by atoms with van der Waals surface area (Å²) in [4.78, 5) is 4.00. The summed E-state index contributed by atoms with van der Waals surface area (Å²) >= 11 is 0. The minimum absolute atomic E-state index is 0.875. The van der Waals surface area contributed by atoms with Crippen LogP contribution in [0.3, 0.4) is 0 Å². The Morgan fingerprint density at radius 3 is 1.00 bits per heavy atom. The summed E-state index contributed by atoms with van der Waals surface area (Å²) < 4.78 is 11.3. The number of hydrogen-bond donors (Lipinski definition) is 0. The first-order valence-corrected chi connectivity index (χ1v) is 10.9. The molecule has 0 saturated carbocycles. The number of fused-ring (bicyclic) bond motifs is 6. The molecule has 0 radical (unpaired) electrons. The SMILES string of the molecule is C=C(C)N=C(C)C.c1ccc2c(c1)oc1ccccc12.c1ccc2c(c1)oc1ccccc12. The molecule has 2 aromatic heterocycles.